The predicted octanol–water partition coefficient (Wildman–Crippen LogP) is 0.813. The van der Waals surface area contributed by atoms with E-state index in [1.165, 1.54) is 7.11 Å². The van der Waals surface area contributed by atoms with E-state index in [9.17, 15) is 4.79 Å². The van der Waals surface area contributed by atoms with Gasteiger partial charge < -0.3 is 9.30 Å². The molecular formula is C12H19N3O2. The molecule has 2 rings (SSSR count). The van der Waals surface area contributed by atoms with E-state index in [0.29, 0.717) is 5.92 Å². The minimum absolute atomic E-state index is 0.148. The van der Waals surface area contributed by atoms with Crippen molar-refractivity contribution in [3.8, 4) is 0 Å². The van der Waals surface area contributed by atoms with Crippen LogP contribution in [-0.4, -0.2) is 34.7 Å². The maximum atomic E-state index is 11.6. The van der Waals surface area contributed by atoms with Gasteiger partial charge in [0.05, 0.1) is 13.4 Å². The number of rotatable bonds is 6. The molecule has 0 aliphatic heterocycles. The van der Waals surface area contributed by atoms with Crippen molar-refractivity contribution in [2.24, 2.45) is 5.92 Å². The Bertz CT molecular complexity index is 360. The number of nitrogens with one attached hydrogen (secondary N) is 1. The van der Waals surface area contributed by atoms with Crippen LogP contribution in [0.15, 0.2) is 18.7 Å². The van der Waals surface area contributed by atoms with E-state index in [1.54, 1.807) is 12.5 Å². The van der Waals surface area contributed by atoms with Gasteiger partial charge in [-0.05, 0) is 25.7 Å². The second-order valence-electron chi connectivity index (χ2n) is 4.67. The zero-order valence-electron chi connectivity index (χ0n) is 10.3. The lowest BCUT2D eigenvalue weighted by molar-refractivity contribution is -0.144. The number of imidazole rings is 1. The number of carbonyl (C=O) groups excluding carboxylic acids is 1. The number of carbonyl (C=O) groups is 1. The molecule has 0 bridgehead atoms. The van der Waals surface area contributed by atoms with Crippen LogP contribution in [0.1, 0.15) is 19.8 Å². The first-order valence-corrected chi connectivity index (χ1v) is 6.00. The van der Waals surface area contributed by atoms with Crippen LogP contribution in [0.3, 0.4) is 0 Å². The highest BCUT2D eigenvalue weighted by molar-refractivity contribution is 5.76. The van der Waals surface area contributed by atoms with Crippen molar-refractivity contribution >= 4 is 5.97 Å². The number of esters is 1. The first-order chi connectivity index (χ1) is 8.20. The quantitative estimate of drug-likeness (QED) is 0.744. The number of nitrogens with zero attached hydrogens (tertiary/aromatic N) is 2. The molecule has 1 aliphatic rings. The monoisotopic (exact) mass is 237 g/mol. The van der Waals surface area contributed by atoms with Crippen molar-refractivity contribution in [3.05, 3.63) is 18.7 Å². The smallest absolute Gasteiger partial charge is 0.323 e. The first kappa shape index (κ1) is 12.1. The molecule has 0 amide bonds. The SMILES string of the molecule is COC(=O)C(NC(C)Cn1ccnc1)C1CC1. The predicted molar refractivity (Wildman–Crippen MR) is 63.4 cm³/mol. The number of hydrogen-bond donors (Lipinski definition) is 1. The van der Waals surface area contributed by atoms with Crippen LogP contribution in [0, 0.1) is 5.92 Å². The fraction of sp³-hybridized carbons (Fsp3) is 0.667. The second kappa shape index (κ2) is 5.31. The maximum Gasteiger partial charge on any atom is 0.323 e. The molecule has 94 valence electrons. The standard InChI is InChI=1S/C12H19N3O2/c1-9(7-15-6-5-13-8-15)14-11(10-3-4-10)12(16)17-2/h5-6,8-11,14H,3-4,7H2,1-2H3. The summed E-state index contributed by atoms with van der Waals surface area (Å²) in [6.07, 6.45) is 7.69. The summed E-state index contributed by atoms with van der Waals surface area (Å²) < 4.78 is 6.83. The average Bonchev–Trinajstić information content (AvgIpc) is 3.04. The third-order valence-corrected chi connectivity index (χ3v) is 3.06. The van der Waals surface area contributed by atoms with Crippen LogP contribution < -0.4 is 5.32 Å². The molecule has 0 spiro atoms. The van der Waals surface area contributed by atoms with Crippen molar-refractivity contribution in [2.75, 3.05) is 7.11 Å². The molecule has 2 unspecified atom stereocenters. The van der Waals surface area contributed by atoms with Crippen molar-refractivity contribution in [1.82, 2.24) is 14.9 Å². The third-order valence-electron chi connectivity index (χ3n) is 3.06. The van der Waals surface area contributed by atoms with Gasteiger partial charge in [0.25, 0.3) is 0 Å². The van der Waals surface area contributed by atoms with E-state index in [0.717, 1.165) is 19.4 Å². The summed E-state index contributed by atoms with van der Waals surface area (Å²) in [7, 11) is 1.44. The van der Waals surface area contributed by atoms with Crippen LogP contribution in [0.4, 0.5) is 0 Å². The lowest BCUT2D eigenvalue weighted by Crippen LogP contribution is -2.45. The lowest BCUT2D eigenvalue weighted by atomic mass is 10.1. The molecule has 17 heavy (non-hydrogen) atoms. The fourth-order valence-corrected chi connectivity index (χ4v) is 2.02. The molecule has 1 aliphatic carbocycles. The Kier molecular flexibility index (Phi) is 3.78. The zero-order chi connectivity index (χ0) is 12.3. The summed E-state index contributed by atoms with van der Waals surface area (Å²) in [5.41, 5.74) is 0. The highest BCUT2D eigenvalue weighted by Gasteiger charge is 2.37. The first-order valence-electron chi connectivity index (χ1n) is 6.00. The van der Waals surface area contributed by atoms with Crippen molar-refractivity contribution in [1.29, 1.82) is 0 Å². The van der Waals surface area contributed by atoms with Gasteiger partial charge in [-0.2, -0.15) is 0 Å². The van der Waals surface area contributed by atoms with Gasteiger partial charge in [0.15, 0.2) is 0 Å². The van der Waals surface area contributed by atoms with Gasteiger partial charge in [0.2, 0.25) is 0 Å². The minimum atomic E-state index is -0.154. The summed E-state index contributed by atoms with van der Waals surface area (Å²) >= 11 is 0. The van der Waals surface area contributed by atoms with Crippen molar-refractivity contribution in [2.45, 2.75) is 38.4 Å². The topological polar surface area (TPSA) is 56.1 Å². The van der Waals surface area contributed by atoms with E-state index in [2.05, 4.69) is 17.2 Å². The van der Waals surface area contributed by atoms with Gasteiger partial charge in [0.1, 0.15) is 6.04 Å². The molecule has 1 saturated carbocycles. The van der Waals surface area contributed by atoms with E-state index in [4.69, 9.17) is 4.74 Å². The van der Waals surface area contributed by atoms with Crippen LogP contribution >= 0.6 is 0 Å². The van der Waals surface area contributed by atoms with Gasteiger partial charge in [0, 0.05) is 25.0 Å². The highest BCUT2D eigenvalue weighted by Crippen LogP contribution is 2.33. The van der Waals surface area contributed by atoms with Gasteiger partial charge in [-0.25, -0.2) is 4.98 Å². The molecule has 0 aromatic carbocycles. The zero-order valence-corrected chi connectivity index (χ0v) is 10.3. The molecular weight excluding hydrogens is 218 g/mol. The van der Waals surface area contributed by atoms with Gasteiger partial charge in [-0.1, -0.05) is 0 Å². The van der Waals surface area contributed by atoms with Gasteiger partial charge >= 0.3 is 5.97 Å². The largest absolute Gasteiger partial charge is 0.468 e. The Balaban J connectivity index is 1.86. The van der Waals surface area contributed by atoms with Crippen LogP contribution in [0.2, 0.25) is 0 Å². The highest BCUT2D eigenvalue weighted by atomic mass is 16.5. The molecule has 1 aromatic heterocycles. The van der Waals surface area contributed by atoms with E-state index in [-0.39, 0.29) is 18.1 Å². The normalized spacial score (nSPS) is 18.7. The van der Waals surface area contributed by atoms with E-state index >= 15 is 0 Å². The number of methoxy groups -OCH3 is 1. The second-order valence-corrected chi connectivity index (χ2v) is 4.67. The number of ether oxygens (including phenoxy) is 1. The number of hydrogen-bond acceptors (Lipinski definition) is 4. The Morgan fingerprint density at radius 2 is 2.41 bits per heavy atom. The Labute approximate surface area is 101 Å². The molecule has 1 fully saturated rings. The average molecular weight is 237 g/mol. The molecule has 1 heterocycles. The molecule has 1 N–H and O–H groups in total. The number of aromatic nitrogens is 2. The molecule has 2 atom stereocenters. The molecule has 0 saturated heterocycles. The van der Waals surface area contributed by atoms with Crippen molar-refractivity contribution in [3.63, 3.8) is 0 Å². The van der Waals surface area contributed by atoms with Crippen LogP contribution in [0.5, 0.6) is 0 Å². The summed E-state index contributed by atoms with van der Waals surface area (Å²) in [6, 6.07) is 0.0624. The van der Waals surface area contributed by atoms with Gasteiger partial charge in [-0.3, -0.25) is 10.1 Å². The van der Waals surface area contributed by atoms with Crippen molar-refractivity contribution < 1.29 is 9.53 Å². The maximum absolute atomic E-state index is 11.6. The lowest BCUT2D eigenvalue weighted by Gasteiger charge is -2.21. The Morgan fingerprint density at radius 1 is 1.65 bits per heavy atom. The molecule has 1 aromatic rings. The van der Waals surface area contributed by atoms with Gasteiger partial charge in [-0.15, -0.1) is 0 Å². The summed E-state index contributed by atoms with van der Waals surface area (Å²) in [6.45, 7) is 2.87. The molecule has 5 nitrogen and oxygen atoms in total. The summed E-state index contributed by atoms with van der Waals surface area (Å²) in [5, 5.41) is 3.34. The summed E-state index contributed by atoms with van der Waals surface area (Å²) in [4.78, 5) is 15.6. The summed E-state index contributed by atoms with van der Waals surface area (Å²) in [5.74, 6) is 0.303. The van der Waals surface area contributed by atoms with Crippen LogP contribution in [-0.2, 0) is 16.1 Å². The van der Waals surface area contributed by atoms with Crippen LogP contribution in [0.25, 0.3) is 0 Å². The fourth-order valence-electron chi connectivity index (χ4n) is 2.02. The molecule has 5 heteroatoms. The Hall–Kier alpha value is -1.36. The molecule has 0 radical (unpaired) electrons. The minimum Gasteiger partial charge on any atom is -0.468 e. The van der Waals surface area contributed by atoms with E-state index < -0.39 is 0 Å². The Morgan fingerprint density at radius 3 is 2.94 bits per heavy atom. The van der Waals surface area contributed by atoms with E-state index in [1.807, 2.05) is 10.8 Å². The third kappa shape index (κ3) is 3.30.